The van der Waals surface area contributed by atoms with Crippen molar-refractivity contribution in [3.8, 4) is 0 Å². The van der Waals surface area contributed by atoms with Crippen molar-refractivity contribution in [1.82, 2.24) is 9.80 Å². The minimum absolute atomic E-state index is 0.00254. The van der Waals surface area contributed by atoms with E-state index in [1.165, 1.54) is 5.56 Å². The molecule has 2 heterocycles. The highest BCUT2D eigenvalue weighted by molar-refractivity contribution is 6.31. The van der Waals surface area contributed by atoms with E-state index in [9.17, 15) is 19.8 Å². The van der Waals surface area contributed by atoms with E-state index >= 15 is 0 Å². The van der Waals surface area contributed by atoms with Gasteiger partial charge in [0.2, 0.25) is 5.91 Å². The molecule has 0 bridgehead atoms. The largest absolute Gasteiger partial charge is 0.462 e. The van der Waals surface area contributed by atoms with Gasteiger partial charge in [0.1, 0.15) is 12.7 Å². The van der Waals surface area contributed by atoms with Crippen LogP contribution in [0.25, 0.3) is 0 Å². The molecule has 2 aliphatic heterocycles. The molecule has 0 radical (unpaired) electrons. The second-order valence-electron chi connectivity index (χ2n) is 11.0. The summed E-state index contributed by atoms with van der Waals surface area (Å²) >= 11 is 6.27. The van der Waals surface area contributed by atoms with E-state index in [1.807, 2.05) is 42.5 Å². The number of halogens is 1. The number of rotatable bonds is 5. The fourth-order valence-electron chi connectivity index (χ4n) is 5.67. The van der Waals surface area contributed by atoms with Crippen molar-refractivity contribution in [2.75, 3.05) is 32.8 Å². The Hall–Kier alpha value is -2.45. The van der Waals surface area contributed by atoms with Crippen molar-refractivity contribution < 1.29 is 24.5 Å². The first-order valence-electron chi connectivity index (χ1n) is 14.2. The minimum atomic E-state index is -1.19. The predicted molar refractivity (Wildman–Crippen MR) is 151 cm³/mol. The minimum Gasteiger partial charge on any atom is -0.462 e. The first kappa shape index (κ1) is 29.5. The van der Waals surface area contributed by atoms with Crippen LogP contribution in [0.3, 0.4) is 0 Å². The Labute approximate surface area is 236 Å². The van der Waals surface area contributed by atoms with Gasteiger partial charge in [-0.2, -0.15) is 0 Å². The summed E-state index contributed by atoms with van der Waals surface area (Å²) in [5, 5.41) is 21.7. The first-order chi connectivity index (χ1) is 18.9. The predicted octanol–water partition coefficient (Wildman–Crippen LogP) is 4.22. The normalized spacial score (nSPS) is 23.4. The van der Waals surface area contributed by atoms with Crippen LogP contribution >= 0.6 is 11.6 Å². The number of carbonyl (C=O) groups excluding carboxylic acids is 2. The van der Waals surface area contributed by atoms with Gasteiger partial charge in [0.15, 0.2) is 0 Å². The van der Waals surface area contributed by atoms with Gasteiger partial charge < -0.3 is 19.8 Å². The van der Waals surface area contributed by atoms with Gasteiger partial charge in [-0.05, 0) is 68.8 Å². The summed E-state index contributed by atoms with van der Waals surface area (Å²) in [5.41, 5.74) is 1.58. The number of amides is 1. The van der Waals surface area contributed by atoms with Crippen LogP contribution in [-0.4, -0.2) is 76.9 Å². The maximum absolute atomic E-state index is 13.3. The molecule has 4 rings (SSSR count). The second kappa shape index (κ2) is 14.3. The van der Waals surface area contributed by atoms with E-state index < -0.39 is 17.6 Å². The number of esters is 1. The monoisotopic (exact) mass is 556 g/mol. The number of nitrogens with zero attached hydrogens (tertiary/aromatic N) is 2. The molecule has 7 nitrogen and oxygen atoms in total. The molecular weight excluding hydrogens is 516 g/mol. The van der Waals surface area contributed by atoms with Crippen molar-refractivity contribution in [3.05, 3.63) is 70.7 Å². The van der Waals surface area contributed by atoms with E-state index in [0.717, 1.165) is 38.0 Å². The van der Waals surface area contributed by atoms with Crippen molar-refractivity contribution in [1.29, 1.82) is 0 Å². The highest BCUT2D eigenvalue weighted by Crippen LogP contribution is 2.38. The molecule has 2 aromatic rings. The molecule has 2 atom stereocenters. The Morgan fingerprint density at radius 2 is 1.64 bits per heavy atom. The Morgan fingerprint density at radius 3 is 2.38 bits per heavy atom. The van der Waals surface area contributed by atoms with Crippen LogP contribution in [0.4, 0.5) is 0 Å². The number of hydrogen-bond acceptors (Lipinski definition) is 6. The van der Waals surface area contributed by atoms with E-state index in [4.69, 9.17) is 16.3 Å². The standard InChI is InChI=1S/C31H41ClN2O5/c32-26-11-5-4-10-25(26)12-13-29(37)34-18-7-6-15-31(30(38)39-23-28(36)27(35)14-19-34)16-20-33(21-17-31)22-24-8-2-1-3-9-24/h1-5,8-11,27-28,35-36H,6-7,12-23H2/t27-,28+/m0/s1. The molecule has 0 aromatic heterocycles. The zero-order chi connectivity index (χ0) is 27.7. The average Bonchev–Trinajstić information content (AvgIpc) is 2.96. The maximum Gasteiger partial charge on any atom is 0.312 e. The lowest BCUT2D eigenvalue weighted by atomic mass is 9.74. The summed E-state index contributed by atoms with van der Waals surface area (Å²) in [7, 11) is 0. The molecule has 39 heavy (non-hydrogen) atoms. The Morgan fingerprint density at radius 1 is 0.923 bits per heavy atom. The number of aliphatic hydroxyl groups excluding tert-OH is 2. The topological polar surface area (TPSA) is 90.3 Å². The smallest absolute Gasteiger partial charge is 0.312 e. The van der Waals surface area contributed by atoms with E-state index in [0.29, 0.717) is 50.2 Å². The van der Waals surface area contributed by atoms with Crippen molar-refractivity contribution in [2.45, 2.75) is 70.1 Å². The lowest BCUT2D eigenvalue weighted by molar-refractivity contribution is -0.165. The van der Waals surface area contributed by atoms with Crippen molar-refractivity contribution in [2.24, 2.45) is 5.41 Å². The summed E-state index contributed by atoms with van der Waals surface area (Å²) in [6, 6.07) is 17.9. The summed E-state index contributed by atoms with van der Waals surface area (Å²) in [5.74, 6) is -0.275. The number of benzene rings is 2. The van der Waals surface area contributed by atoms with Crippen molar-refractivity contribution in [3.63, 3.8) is 0 Å². The third-order valence-corrected chi connectivity index (χ3v) is 8.64. The fourth-order valence-corrected chi connectivity index (χ4v) is 5.90. The molecule has 8 heteroatoms. The van der Waals surface area contributed by atoms with Gasteiger partial charge in [0, 0.05) is 31.1 Å². The quantitative estimate of drug-likeness (QED) is 0.536. The Kier molecular flexibility index (Phi) is 10.8. The Balaban J connectivity index is 1.38. The zero-order valence-corrected chi connectivity index (χ0v) is 23.4. The number of hydrogen-bond donors (Lipinski definition) is 2. The molecule has 0 unspecified atom stereocenters. The van der Waals surface area contributed by atoms with Gasteiger partial charge in [-0.25, -0.2) is 0 Å². The third-order valence-electron chi connectivity index (χ3n) is 8.27. The lowest BCUT2D eigenvalue weighted by Gasteiger charge is -2.40. The fraction of sp³-hybridized carbons (Fsp3) is 0.548. The third kappa shape index (κ3) is 8.27. The van der Waals surface area contributed by atoms with Gasteiger partial charge in [-0.3, -0.25) is 14.5 Å². The van der Waals surface area contributed by atoms with Gasteiger partial charge in [0.25, 0.3) is 0 Å². The van der Waals surface area contributed by atoms with Crippen LogP contribution in [0.5, 0.6) is 0 Å². The second-order valence-corrected chi connectivity index (χ2v) is 11.4. The number of piperidine rings is 1. The van der Waals surface area contributed by atoms with Crippen LogP contribution < -0.4 is 0 Å². The van der Waals surface area contributed by atoms with Gasteiger partial charge in [-0.1, -0.05) is 66.6 Å². The summed E-state index contributed by atoms with van der Waals surface area (Å²) in [6.45, 7) is 3.09. The molecule has 2 aromatic carbocycles. The molecule has 1 spiro atoms. The summed E-state index contributed by atoms with van der Waals surface area (Å²) in [6.07, 6.45) is 2.45. The number of aryl methyl sites for hydroxylation is 1. The zero-order valence-electron chi connectivity index (χ0n) is 22.6. The molecule has 2 aliphatic rings. The van der Waals surface area contributed by atoms with Crippen LogP contribution in [0, 0.1) is 5.41 Å². The number of cyclic esters (lactones) is 1. The van der Waals surface area contributed by atoms with E-state index in [2.05, 4.69) is 17.0 Å². The summed E-state index contributed by atoms with van der Waals surface area (Å²) < 4.78 is 5.60. The van der Waals surface area contributed by atoms with Gasteiger partial charge in [0.05, 0.1) is 11.5 Å². The molecule has 0 saturated carbocycles. The van der Waals surface area contributed by atoms with Gasteiger partial charge in [-0.15, -0.1) is 0 Å². The molecule has 0 aliphatic carbocycles. The Bertz CT molecular complexity index is 1070. The van der Waals surface area contributed by atoms with Crippen molar-refractivity contribution >= 4 is 23.5 Å². The highest BCUT2D eigenvalue weighted by Gasteiger charge is 2.42. The molecule has 212 valence electrons. The van der Waals surface area contributed by atoms with Crippen LogP contribution in [-0.2, 0) is 27.3 Å². The molecule has 1 amide bonds. The average molecular weight is 557 g/mol. The highest BCUT2D eigenvalue weighted by atomic mass is 35.5. The molecular formula is C31H41ClN2O5. The number of carbonyl (C=O) groups is 2. The first-order valence-corrected chi connectivity index (χ1v) is 14.5. The molecule has 2 N–H and O–H groups in total. The van der Waals surface area contributed by atoms with Crippen LogP contribution in [0.15, 0.2) is 54.6 Å². The number of likely N-dealkylation sites (tertiary alicyclic amines) is 1. The van der Waals surface area contributed by atoms with Crippen LogP contribution in [0.1, 0.15) is 56.1 Å². The number of aliphatic hydroxyl groups is 2. The SMILES string of the molecule is O=C(CCc1ccccc1Cl)N1CCCCC2(CCN(Cc3ccccc3)CC2)C(=O)OC[C@@H](O)[C@@H](O)CC1. The van der Waals surface area contributed by atoms with Gasteiger partial charge >= 0.3 is 5.97 Å². The lowest BCUT2D eigenvalue weighted by Crippen LogP contribution is -2.45. The number of ether oxygens (including phenoxy) is 1. The maximum atomic E-state index is 13.3. The summed E-state index contributed by atoms with van der Waals surface area (Å²) in [4.78, 5) is 30.6. The van der Waals surface area contributed by atoms with Crippen LogP contribution in [0.2, 0.25) is 5.02 Å². The molecule has 2 saturated heterocycles. The molecule has 2 fully saturated rings. The van der Waals surface area contributed by atoms with E-state index in [1.54, 1.807) is 4.90 Å². The van der Waals surface area contributed by atoms with E-state index in [-0.39, 0.29) is 24.9 Å².